The van der Waals surface area contributed by atoms with E-state index in [2.05, 4.69) is 15.5 Å². The molecule has 182 valence electrons. The van der Waals surface area contributed by atoms with E-state index >= 15 is 0 Å². The summed E-state index contributed by atoms with van der Waals surface area (Å²) in [6, 6.07) is -0.973. The minimum atomic E-state index is -1.29. The molecule has 15 heteroatoms. The van der Waals surface area contributed by atoms with Crippen LogP contribution in [0.3, 0.4) is 0 Å². The fourth-order valence-corrected chi connectivity index (χ4v) is 5.95. The van der Waals surface area contributed by atoms with Gasteiger partial charge in [-0.3, -0.25) is 14.5 Å². The van der Waals surface area contributed by atoms with Gasteiger partial charge in [-0.15, -0.1) is 23.1 Å². The van der Waals surface area contributed by atoms with Crippen molar-refractivity contribution in [2.24, 2.45) is 5.16 Å². The van der Waals surface area contributed by atoms with Gasteiger partial charge in [-0.25, -0.2) is 14.6 Å². The molecule has 2 saturated heterocycles. The molecule has 4 rings (SSSR count). The Balaban J connectivity index is 1.51. The number of fused-ring (bicyclic) bond motifs is 1. The number of β-lactam (4-membered cyclic amide) rings is 1. The SMILES string of the molecule is CO/N=C(\C(=O)N[C@@H]1C(=O)N2C(C(=O)O)=C([C@@H]3CC[C@@H](C(=O)OC)O3)CS[C@H]12)c1csc(N)n1. The predicted molar refractivity (Wildman–Crippen MR) is 120 cm³/mol. The molecular weight excluding hydrogens is 490 g/mol. The number of carbonyl (C=O) groups excluding carboxylic acids is 3. The van der Waals surface area contributed by atoms with Crippen LogP contribution in [-0.2, 0) is 33.5 Å². The lowest BCUT2D eigenvalue weighted by atomic mass is 9.99. The first-order chi connectivity index (χ1) is 16.3. The van der Waals surface area contributed by atoms with Crippen LogP contribution in [0.25, 0.3) is 0 Å². The number of carbonyl (C=O) groups is 4. The number of thioether (sulfide) groups is 1. The van der Waals surface area contributed by atoms with Crippen LogP contribution >= 0.6 is 23.1 Å². The highest BCUT2D eigenvalue weighted by Gasteiger charge is 2.55. The summed E-state index contributed by atoms with van der Waals surface area (Å²) in [5, 5.41) is 17.3. The van der Waals surface area contributed by atoms with Gasteiger partial charge in [0.25, 0.3) is 11.8 Å². The number of hydrogen-bond acceptors (Lipinski definition) is 12. The second kappa shape index (κ2) is 9.60. The molecule has 3 aliphatic rings. The van der Waals surface area contributed by atoms with Crippen molar-refractivity contribution in [3.63, 3.8) is 0 Å². The van der Waals surface area contributed by atoms with Gasteiger partial charge in [0.1, 0.15) is 29.9 Å². The van der Waals surface area contributed by atoms with Gasteiger partial charge in [-0.2, -0.15) is 0 Å². The number of oxime groups is 1. The molecule has 0 unspecified atom stereocenters. The minimum absolute atomic E-state index is 0.162. The minimum Gasteiger partial charge on any atom is -0.477 e. The lowest BCUT2D eigenvalue weighted by Gasteiger charge is -2.49. The molecule has 13 nitrogen and oxygen atoms in total. The summed E-state index contributed by atoms with van der Waals surface area (Å²) in [7, 11) is 2.51. The van der Waals surface area contributed by atoms with Crippen molar-refractivity contribution in [1.29, 1.82) is 0 Å². The van der Waals surface area contributed by atoms with E-state index in [9.17, 15) is 24.3 Å². The van der Waals surface area contributed by atoms with Crippen LogP contribution in [0.2, 0.25) is 0 Å². The number of aromatic nitrogens is 1. The first-order valence-electron chi connectivity index (χ1n) is 10.0. The smallest absolute Gasteiger partial charge is 0.352 e. The summed E-state index contributed by atoms with van der Waals surface area (Å²) >= 11 is 2.40. The zero-order valence-corrected chi connectivity index (χ0v) is 19.7. The molecule has 34 heavy (non-hydrogen) atoms. The summed E-state index contributed by atoms with van der Waals surface area (Å²) in [5.74, 6) is -2.86. The molecule has 0 aliphatic carbocycles. The van der Waals surface area contributed by atoms with Crippen molar-refractivity contribution in [2.75, 3.05) is 25.7 Å². The number of nitrogens with one attached hydrogen (secondary N) is 1. The van der Waals surface area contributed by atoms with Gasteiger partial charge in [0.15, 0.2) is 16.9 Å². The zero-order valence-electron chi connectivity index (χ0n) is 18.0. The number of thiazole rings is 1. The van der Waals surface area contributed by atoms with Crippen molar-refractivity contribution >= 4 is 57.7 Å². The average molecular weight is 512 g/mol. The van der Waals surface area contributed by atoms with E-state index in [0.717, 1.165) is 16.2 Å². The molecule has 4 atom stereocenters. The van der Waals surface area contributed by atoms with Gasteiger partial charge in [0.2, 0.25) is 0 Å². The molecule has 0 spiro atoms. The van der Waals surface area contributed by atoms with Gasteiger partial charge < -0.3 is 30.5 Å². The molecule has 0 radical (unpaired) electrons. The molecule has 2 fully saturated rings. The average Bonchev–Trinajstić information content (AvgIpc) is 3.48. The third-order valence-corrected chi connectivity index (χ3v) is 7.50. The molecule has 3 aliphatic heterocycles. The third-order valence-electron chi connectivity index (χ3n) is 5.52. The number of aliphatic carboxylic acids is 1. The maximum absolute atomic E-state index is 12.9. The number of nitrogens with two attached hydrogens (primary N) is 1. The lowest BCUT2D eigenvalue weighted by Crippen LogP contribution is -2.71. The largest absolute Gasteiger partial charge is 0.477 e. The Morgan fingerprint density at radius 3 is 2.74 bits per heavy atom. The van der Waals surface area contributed by atoms with E-state index in [1.165, 1.54) is 31.4 Å². The van der Waals surface area contributed by atoms with Crippen LogP contribution in [0.5, 0.6) is 0 Å². The van der Waals surface area contributed by atoms with E-state index in [1.54, 1.807) is 0 Å². The quantitative estimate of drug-likeness (QED) is 0.186. The molecule has 0 aromatic carbocycles. The Kier molecular flexibility index (Phi) is 6.77. The Morgan fingerprint density at radius 2 is 2.12 bits per heavy atom. The van der Waals surface area contributed by atoms with Gasteiger partial charge in [0, 0.05) is 11.1 Å². The number of anilines is 1. The predicted octanol–water partition coefficient (Wildman–Crippen LogP) is -0.465. The fourth-order valence-electron chi connectivity index (χ4n) is 3.99. The summed E-state index contributed by atoms with van der Waals surface area (Å²) in [6.45, 7) is 0. The monoisotopic (exact) mass is 511 g/mol. The molecular formula is C19H21N5O8S2. The van der Waals surface area contributed by atoms with Crippen LogP contribution < -0.4 is 11.1 Å². The molecule has 1 aromatic rings. The number of esters is 1. The fraction of sp³-hybridized carbons (Fsp3) is 0.474. The Hall–Kier alpha value is -3.17. The highest BCUT2D eigenvalue weighted by atomic mass is 32.2. The van der Waals surface area contributed by atoms with Crippen molar-refractivity contribution in [3.05, 3.63) is 22.3 Å². The normalized spacial score (nSPS) is 26.6. The zero-order chi connectivity index (χ0) is 24.6. The van der Waals surface area contributed by atoms with Crippen LogP contribution in [0, 0.1) is 0 Å². The topological polar surface area (TPSA) is 183 Å². The maximum Gasteiger partial charge on any atom is 0.352 e. The number of nitrogens with zero attached hydrogens (tertiary/aromatic N) is 3. The van der Waals surface area contributed by atoms with Gasteiger partial charge >= 0.3 is 11.9 Å². The van der Waals surface area contributed by atoms with Crippen molar-refractivity contribution < 1.29 is 38.6 Å². The number of methoxy groups -OCH3 is 1. The molecule has 2 amide bonds. The summed E-state index contributed by atoms with van der Waals surface area (Å²) in [6.07, 6.45) is -0.595. The van der Waals surface area contributed by atoms with Crippen molar-refractivity contribution in [1.82, 2.24) is 15.2 Å². The molecule has 0 saturated carbocycles. The number of nitrogen functional groups attached to an aromatic ring is 1. The Labute approximate surface area is 201 Å². The Morgan fingerprint density at radius 1 is 1.35 bits per heavy atom. The van der Waals surface area contributed by atoms with E-state index in [-0.39, 0.29) is 28.0 Å². The summed E-state index contributed by atoms with van der Waals surface area (Å²) < 4.78 is 10.4. The standard InChI is InChI=1S/C19H21N5O8S2/c1-30-18(29)10-4-3-9(32-10)7-5-33-16-12(15(26)24(16)13(7)17(27)28)22-14(25)11(23-31-2)8-6-34-19(20)21-8/h6,9-10,12,16H,3-5H2,1-2H3,(H2,20,21)(H,22,25)(H,27,28)/b23-11-/t9-,10-,12+,16+/m0/s1. The number of hydrogen-bond donors (Lipinski definition) is 3. The number of amides is 2. The Bertz CT molecular complexity index is 1100. The van der Waals surface area contributed by atoms with Crippen LogP contribution in [0.4, 0.5) is 5.13 Å². The number of ether oxygens (including phenoxy) is 2. The second-order valence-corrected chi connectivity index (χ2v) is 9.44. The van der Waals surface area contributed by atoms with Crippen LogP contribution in [0.15, 0.2) is 21.8 Å². The highest BCUT2D eigenvalue weighted by Crippen LogP contribution is 2.43. The van der Waals surface area contributed by atoms with Gasteiger partial charge in [-0.05, 0) is 18.4 Å². The van der Waals surface area contributed by atoms with Crippen molar-refractivity contribution in [3.8, 4) is 0 Å². The van der Waals surface area contributed by atoms with Crippen molar-refractivity contribution in [2.45, 2.75) is 36.5 Å². The molecule has 4 heterocycles. The highest BCUT2D eigenvalue weighted by molar-refractivity contribution is 8.00. The molecule has 1 aromatic heterocycles. The number of rotatable bonds is 7. The van der Waals surface area contributed by atoms with E-state index in [1.807, 2.05) is 0 Å². The van der Waals surface area contributed by atoms with E-state index in [0.29, 0.717) is 18.4 Å². The summed E-state index contributed by atoms with van der Waals surface area (Å²) in [5.41, 5.74) is 5.88. The van der Waals surface area contributed by atoms with Crippen LogP contribution in [0.1, 0.15) is 18.5 Å². The van der Waals surface area contributed by atoms with E-state index in [4.69, 9.17) is 20.0 Å². The van der Waals surface area contributed by atoms with Crippen LogP contribution in [-0.4, -0.2) is 88.1 Å². The number of carboxylic acid groups (broad SMARTS) is 1. The number of carboxylic acids is 1. The molecule has 4 N–H and O–H groups in total. The first-order valence-corrected chi connectivity index (χ1v) is 12.0. The third kappa shape index (κ3) is 4.21. The maximum atomic E-state index is 12.9. The van der Waals surface area contributed by atoms with Gasteiger partial charge in [-0.1, -0.05) is 5.16 Å². The summed E-state index contributed by atoms with van der Waals surface area (Å²) in [4.78, 5) is 59.5. The van der Waals surface area contributed by atoms with E-state index < -0.39 is 47.4 Å². The first kappa shape index (κ1) is 24.0. The van der Waals surface area contributed by atoms with Gasteiger partial charge in [0.05, 0.1) is 13.2 Å². The molecule has 0 bridgehead atoms. The lowest BCUT2D eigenvalue weighted by molar-refractivity contribution is -0.153. The second-order valence-electron chi connectivity index (χ2n) is 7.45.